The third-order valence-corrected chi connectivity index (χ3v) is 4.99. The van der Waals surface area contributed by atoms with Crippen LogP contribution >= 0.6 is 0 Å². The van der Waals surface area contributed by atoms with Crippen molar-refractivity contribution in [1.29, 1.82) is 0 Å². The number of amides is 2. The van der Waals surface area contributed by atoms with Gasteiger partial charge in [-0.05, 0) is 31.4 Å². The van der Waals surface area contributed by atoms with Gasteiger partial charge in [-0.2, -0.15) is 0 Å². The van der Waals surface area contributed by atoms with Crippen LogP contribution in [0.5, 0.6) is 0 Å². The van der Waals surface area contributed by atoms with Crippen molar-refractivity contribution < 1.29 is 19.5 Å². The molecule has 3 rings (SSSR count). The third kappa shape index (κ3) is 4.15. The van der Waals surface area contributed by atoms with E-state index in [0.29, 0.717) is 19.5 Å². The highest BCUT2D eigenvalue weighted by atomic mass is 16.4. The average Bonchev–Trinajstić information content (AvgIpc) is 3.10. The first-order valence-electron chi connectivity index (χ1n) is 8.84. The van der Waals surface area contributed by atoms with Crippen LogP contribution in [-0.4, -0.2) is 51.9 Å². The number of nitrogens with one attached hydrogen (secondary N) is 1. The van der Waals surface area contributed by atoms with Gasteiger partial charge in [0.2, 0.25) is 5.91 Å². The van der Waals surface area contributed by atoms with Gasteiger partial charge < -0.3 is 15.3 Å². The first kappa shape index (κ1) is 17.4. The van der Waals surface area contributed by atoms with Gasteiger partial charge in [0.15, 0.2) is 0 Å². The Labute approximate surface area is 146 Å². The SMILES string of the molecule is O=C(O)c1cccc(C(=O)N[C@H]2CCN(C(=O)C3CCCCC3)C2)n1. The van der Waals surface area contributed by atoms with Crippen molar-refractivity contribution in [3.8, 4) is 0 Å². The molecule has 0 radical (unpaired) electrons. The first-order chi connectivity index (χ1) is 12.0. The molecule has 2 aliphatic rings. The summed E-state index contributed by atoms with van der Waals surface area (Å²) in [5.41, 5.74) is -0.0786. The van der Waals surface area contributed by atoms with Gasteiger partial charge in [-0.25, -0.2) is 9.78 Å². The molecule has 2 fully saturated rings. The number of rotatable bonds is 4. The molecule has 134 valence electrons. The summed E-state index contributed by atoms with van der Waals surface area (Å²) in [6, 6.07) is 4.22. The van der Waals surface area contributed by atoms with Gasteiger partial charge in [0.05, 0.1) is 0 Å². The predicted octanol–water partition coefficient (Wildman–Crippen LogP) is 1.69. The Morgan fingerprint density at radius 3 is 2.52 bits per heavy atom. The maximum absolute atomic E-state index is 12.6. The van der Waals surface area contributed by atoms with Gasteiger partial charge >= 0.3 is 5.97 Å². The molecule has 25 heavy (non-hydrogen) atoms. The number of likely N-dealkylation sites (tertiary alicyclic amines) is 1. The van der Waals surface area contributed by atoms with Gasteiger partial charge in [-0.3, -0.25) is 9.59 Å². The lowest BCUT2D eigenvalue weighted by molar-refractivity contribution is -0.135. The Balaban J connectivity index is 1.55. The molecule has 2 heterocycles. The second kappa shape index (κ2) is 7.63. The van der Waals surface area contributed by atoms with Gasteiger partial charge in [0.25, 0.3) is 5.91 Å². The quantitative estimate of drug-likeness (QED) is 0.865. The molecule has 1 saturated carbocycles. The number of nitrogens with zero attached hydrogens (tertiary/aromatic N) is 2. The second-order valence-corrected chi connectivity index (χ2v) is 6.79. The summed E-state index contributed by atoms with van der Waals surface area (Å²) in [5, 5.41) is 11.8. The molecular formula is C18H23N3O4. The molecule has 1 aliphatic carbocycles. The van der Waals surface area contributed by atoms with Crippen LogP contribution < -0.4 is 5.32 Å². The van der Waals surface area contributed by atoms with Gasteiger partial charge in [-0.15, -0.1) is 0 Å². The minimum atomic E-state index is -1.17. The van der Waals surface area contributed by atoms with Crippen LogP contribution in [0.2, 0.25) is 0 Å². The molecule has 2 N–H and O–H groups in total. The molecule has 1 aromatic heterocycles. The number of hydrogen-bond donors (Lipinski definition) is 2. The van der Waals surface area contributed by atoms with Crippen LogP contribution in [0, 0.1) is 5.92 Å². The molecule has 1 aromatic rings. The fourth-order valence-corrected chi connectivity index (χ4v) is 3.63. The van der Waals surface area contributed by atoms with E-state index in [0.717, 1.165) is 25.7 Å². The number of hydrogen-bond acceptors (Lipinski definition) is 4. The number of carboxylic acids is 1. The highest BCUT2D eigenvalue weighted by Gasteiger charge is 2.32. The van der Waals surface area contributed by atoms with E-state index in [2.05, 4.69) is 10.3 Å². The predicted molar refractivity (Wildman–Crippen MR) is 90.2 cm³/mol. The van der Waals surface area contributed by atoms with Gasteiger partial charge in [0, 0.05) is 25.0 Å². The molecule has 2 amide bonds. The fourth-order valence-electron chi connectivity index (χ4n) is 3.63. The Morgan fingerprint density at radius 2 is 1.80 bits per heavy atom. The van der Waals surface area contributed by atoms with E-state index in [4.69, 9.17) is 5.11 Å². The molecule has 1 saturated heterocycles. The number of carboxylic acid groups (broad SMARTS) is 1. The van der Waals surface area contributed by atoms with E-state index in [-0.39, 0.29) is 29.3 Å². The van der Waals surface area contributed by atoms with E-state index in [9.17, 15) is 14.4 Å². The molecule has 0 spiro atoms. The highest BCUT2D eigenvalue weighted by molar-refractivity contribution is 5.94. The molecule has 0 bridgehead atoms. The topological polar surface area (TPSA) is 99.6 Å². The van der Waals surface area contributed by atoms with Crippen molar-refractivity contribution in [1.82, 2.24) is 15.2 Å². The molecular weight excluding hydrogens is 322 g/mol. The molecule has 0 unspecified atom stereocenters. The summed E-state index contributed by atoms with van der Waals surface area (Å²) in [6.07, 6.45) is 6.11. The van der Waals surface area contributed by atoms with Crippen LogP contribution in [0.25, 0.3) is 0 Å². The Kier molecular flexibility index (Phi) is 5.31. The third-order valence-electron chi connectivity index (χ3n) is 4.99. The van der Waals surface area contributed by atoms with Gasteiger partial charge in [-0.1, -0.05) is 25.3 Å². The first-order valence-corrected chi connectivity index (χ1v) is 8.84. The van der Waals surface area contributed by atoms with Crippen molar-refractivity contribution in [3.05, 3.63) is 29.6 Å². The van der Waals surface area contributed by atoms with Crippen LogP contribution in [-0.2, 0) is 4.79 Å². The summed E-state index contributed by atoms with van der Waals surface area (Å²) in [7, 11) is 0. The van der Waals surface area contributed by atoms with Crippen molar-refractivity contribution in [2.75, 3.05) is 13.1 Å². The molecule has 7 nitrogen and oxygen atoms in total. The molecule has 7 heteroatoms. The lowest BCUT2D eigenvalue weighted by Gasteiger charge is -2.26. The second-order valence-electron chi connectivity index (χ2n) is 6.79. The van der Waals surface area contributed by atoms with E-state index >= 15 is 0 Å². The molecule has 1 atom stereocenters. The number of pyridine rings is 1. The molecule has 1 aliphatic heterocycles. The van der Waals surface area contributed by atoms with Gasteiger partial charge in [0.1, 0.15) is 11.4 Å². The summed E-state index contributed by atoms with van der Waals surface area (Å²) in [4.78, 5) is 41.5. The van der Waals surface area contributed by atoms with Crippen molar-refractivity contribution in [2.24, 2.45) is 5.92 Å². The average molecular weight is 345 g/mol. The molecule has 0 aromatic carbocycles. The number of carbonyl (C=O) groups excluding carboxylic acids is 2. The fraction of sp³-hybridized carbons (Fsp3) is 0.556. The Bertz CT molecular complexity index is 670. The lowest BCUT2D eigenvalue weighted by Crippen LogP contribution is -2.40. The summed E-state index contributed by atoms with van der Waals surface area (Å²) in [5.74, 6) is -1.22. The summed E-state index contributed by atoms with van der Waals surface area (Å²) in [6.45, 7) is 1.17. The zero-order chi connectivity index (χ0) is 17.8. The largest absolute Gasteiger partial charge is 0.477 e. The maximum atomic E-state index is 12.6. The zero-order valence-corrected chi connectivity index (χ0v) is 14.1. The zero-order valence-electron chi connectivity index (χ0n) is 14.1. The van der Waals surface area contributed by atoms with Crippen LogP contribution in [0.4, 0.5) is 0 Å². The van der Waals surface area contributed by atoms with Crippen LogP contribution in [0.3, 0.4) is 0 Å². The minimum absolute atomic E-state index is 0.0805. The highest BCUT2D eigenvalue weighted by Crippen LogP contribution is 2.26. The maximum Gasteiger partial charge on any atom is 0.354 e. The van der Waals surface area contributed by atoms with E-state index in [1.54, 1.807) is 0 Å². The monoisotopic (exact) mass is 345 g/mol. The summed E-state index contributed by atoms with van der Waals surface area (Å²) < 4.78 is 0. The minimum Gasteiger partial charge on any atom is -0.477 e. The van der Waals surface area contributed by atoms with E-state index in [1.165, 1.54) is 24.6 Å². The van der Waals surface area contributed by atoms with Crippen LogP contribution in [0.15, 0.2) is 18.2 Å². The van der Waals surface area contributed by atoms with Crippen molar-refractivity contribution in [2.45, 2.75) is 44.6 Å². The van der Waals surface area contributed by atoms with E-state index in [1.807, 2.05) is 4.90 Å². The van der Waals surface area contributed by atoms with E-state index < -0.39 is 11.9 Å². The smallest absolute Gasteiger partial charge is 0.354 e. The number of carbonyl (C=O) groups is 3. The standard InChI is InChI=1S/C18H23N3O4/c22-16(14-7-4-8-15(20-14)18(24)25)19-13-9-10-21(11-13)17(23)12-5-2-1-3-6-12/h4,7-8,12-13H,1-3,5-6,9-11H2,(H,19,22)(H,24,25)/t13-/m0/s1. The Hall–Kier alpha value is -2.44. The number of aromatic nitrogens is 1. The number of aromatic carboxylic acids is 1. The van der Waals surface area contributed by atoms with Crippen LogP contribution in [0.1, 0.15) is 59.5 Å². The van der Waals surface area contributed by atoms with Crippen molar-refractivity contribution >= 4 is 17.8 Å². The summed E-state index contributed by atoms with van der Waals surface area (Å²) >= 11 is 0. The normalized spacial score (nSPS) is 21.1. The lowest BCUT2D eigenvalue weighted by atomic mass is 9.88. The van der Waals surface area contributed by atoms with Crippen molar-refractivity contribution in [3.63, 3.8) is 0 Å². The Morgan fingerprint density at radius 1 is 1.08 bits per heavy atom.